The van der Waals surface area contributed by atoms with Gasteiger partial charge >= 0.3 is 0 Å². The molecule has 8 nitrogen and oxygen atoms in total. The van der Waals surface area contributed by atoms with E-state index in [2.05, 4.69) is 51.5 Å². The molecule has 8 heteroatoms. The zero-order valence-corrected chi connectivity index (χ0v) is 15.6. The molecular formula is C19H19N7O. The topological polar surface area (TPSA) is 90.5 Å². The number of hydrogen-bond donors (Lipinski definition) is 1. The summed E-state index contributed by atoms with van der Waals surface area (Å²) >= 11 is 0. The van der Waals surface area contributed by atoms with Crippen LogP contribution in [-0.4, -0.2) is 35.4 Å². The largest absolute Gasteiger partial charge is 0.311 e. The quantitative estimate of drug-likeness (QED) is 0.606. The number of rotatable bonds is 3. The Morgan fingerprint density at radius 3 is 2.59 bits per heavy atom. The molecule has 0 unspecified atom stereocenters. The number of nitrogens with one attached hydrogen (secondary N) is 1. The predicted octanol–water partition coefficient (Wildman–Crippen LogP) is 2.88. The van der Waals surface area contributed by atoms with Gasteiger partial charge < -0.3 is 5.32 Å². The molecule has 0 spiro atoms. The molecule has 0 aliphatic rings. The lowest BCUT2D eigenvalue weighted by atomic mass is 10.1. The normalized spacial score (nSPS) is 11.1. The number of nitrogens with zero attached hydrogens (tertiary/aromatic N) is 6. The van der Waals surface area contributed by atoms with Crippen molar-refractivity contribution in [1.82, 2.24) is 29.5 Å². The standard InChI is InChI=1S/C19H19N7O/c1-11-5-6-15(7-12(11)2)25-18-16(9-22-25)19(21-10-20-18)26-17(23-14(4)27)8-13(3)24-26/h5-10H,1-4H3,(H,23,27). The minimum Gasteiger partial charge on any atom is -0.311 e. The minimum atomic E-state index is -0.174. The van der Waals surface area contributed by atoms with Crippen LogP contribution >= 0.6 is 0 Å². The first-order valence-electron chi connectivity index (χ1n) is 8.55. The van der Waals surface area contributed by atoms with E-state index < -0.39 is 0 Å². The number of amides is 1. The van der Waals surface area contributed by atoms with Crippen molar-refractivity contribution >= 4 is 22.8 Å². The fourth-order valence-corrected chi connectivity index (χ4v) is 2.98. The average molecular weight is 361 g/mol. The van der Waals surface area contributed by atoms with Crippen molar-refractivity contribution in [2.24, 2.45) is 0 Å². The highest BCUT2D eigenvalue weighted by molar-refractivity contribution is 5.89. The number of carbonyl (C=O) groups excluding carboxylic acids is 1. The summed E-state index contributed by atoms with van der Waals surface area (Å²) in [6.07, 6.45) is 3.19. The molecule has 0 saturated heterocycles. The lowest BCUT2D eigenvalue weighted by Gasteiger charge is -2.08. The monoisotopic (exact) mass is 361 g/mol. The van der Waals surface area contributed by atoms with Crippen LogP contribution in [0.4, 0.5) is 5.82 Å². The molecule has 0 atom stereocenters. The Hall–Kier alpha value is -3.55. The summed E-state index contributed by atoms with van der Waals surface area (Å²) in [5, 5.41) is 12.5. The molecule has 3 aromatic heterocycles. The zero-order valence-electron chi connectivity index (χ0n) is 15.6. The third kappa shape index (κ3) is 2.95. The molecule has 0 bridgehead atoms. The van der Waals surface area contributed by atoms with E-state index in [0.29, 0.717) is 17.3 Å². The molecule has 3 heterocycles. The number of hydrogen-bond acceptors (Lipinski definition) is 5. The summed E-state index contributed by atoms with van der Waals surface area (Å²) in [5.41, 5.74) is 4.77. The molecule has 0 fully saturated rings. The molecule has 1 amide bonds. The van der Waals surface area contributed by atoms with Gasteiger partial charge in [0.15, 0.2) is 11.5 Å². The van der Waals surface area contributed by atoms with Gasteiger partial charge in [-0.05, 0) is 44.0 Å². The minimum absolute atomic E-state index is 0.174. The maximum absolute atomic E-state index is 11.5. The number of fused-ring (bicyclic) bond motifs is 1. The van der Waals surface area contributed by atoms with Crippen molar-refractivity contribution in [2.45, 2.75) is 27.7 Å². The van der Waals surface area contributed by atoms with Gasteiger partial charge in [-0.15, -0.1) is 0 Å². The van der Waals surface area contributed by atoms with Crippen LogP contribution in [-0.2, 0) is 4.79 Å². The Morgan fingerprint density at radius 2 is 1.85 bits per heavy atom. The number of anilines is 1. The van der Waals surface area contributed by atoms with Crippen LogP contribution < -0.4 is 5.32 Å². The number of aryl methyl sites for hydroxylation is 3. The van der Waals surface area contributed by atoms with Crippen molar-refractivity contribution in [1.29, 1.82) is 0 Å². The third-order valence-corrected chi connectivity index (χ3v) is 4.42. The Balaban J connectivity index is 1.89. The first kappa shape index (κ1) is 16.9. The second-order valence-corrected chi connectivity index (χ2v) is 6.52. The van der Waals surface area contributed by atoms with Crippen LogP contribution in [0, 0.1) is 20.8 Å². The summed E-state index contributed by atoms with van der Waals surface area (Å²) in [4.78, 5) is 20.3. The molecule has 1 aromatic carbocycles. The van der Waals surface area contributed by atoms with Crippen molar-refractivity contribution in [3.05, 3.63) is 53.6 Å². The van der Waals surface area contributed by atoms with Gasteiger partial charge in [0, 0.05) is 13.0 Å². The van der Waals surface area contributed by atoms with Crippen LogP contribution in [0.1, 0.15) is 23.7 Å². The van der Waals surface area contributed by atoms with E-state index in [1.165, 1.54) is 24.4 Å². The highest BCUT2D eigenvalue weighted by Crippen LogP contribution is 2.24. The summed E-state index contributed by atoms with van der Waals surface area (Å²) in [7, 11) is 0. The Labute approximate surface area is 155 Å². The van der Waals surface area contributed by atoms with E-state index in [-0.39, 0.29) is 5.91 Å². The van der Waals surface area contributed by atoms with E-state index in [0.717, 1.165) is 16.8 Å². The fraction of sp³-hybridized carbons (Fsp3) is 0.211. The summed E-state index contributed by atoms with van der Waals surface area (Å²) in [6.45, 7) is 7.46. The maximum Gasteiger partial charge on any atom is 0.222 e. The average Bonchev–Trinajstić information content (AvgIpc) is 3.20. The van der Waals surface area contributed by atoms with Gasteiger partial charge in [-0.1, -0.05) is 6.07 Å². The molecule has 0 saturated carbocycles. The van der Waals surface area contributed by atoms with E-state index in [1.807, 2.05) is 13.0 Å². The first-order chi connectivity index (χ1) is 12.9. The van der Waals surface area contributed by atoms with Crippen molar-refractivity contribution in [3.63, 3.8) is 0 Å². The smallest absolute Gasteiger partial charge is 0.222 e. The second kappa shape index (κ2) is 6.31. The lowest BCUT2D eigenvalue weighted by molar-refractivity contribution is -0.114. The van der Waals surface area contributed by atoms with E-state index in [4.69, 9.17) is 0 Å². The van der Waals surface area contributed by atoms with Gasteiger partial charge in [0.1, 0.15) is 12.1 Å². The molecule has 1 N–H and O–H groups in total. The fourth-order valence-electron chi connectivity index (χ4n) is 2.98. The highest BCUT2D eigenvalue weighted by atomic mass is 16.1. The van der Waals surface area contributed by atoms with Gasteiger partial charge in [0.05, 0.1) is 23.0 Å². The van der Waals surface area contributed by atoms with Crippen LogP contribution in [0.15, 0.2) is 36.8 Å². The molecule has 136 valence electrons. The second-order valence-electron chi connectivity index (χ2n) is 6.52. The molecule has 0 aliphatic heterocycles. The maximum atomic E-state index is 11.5. The van der Waals surface area contributed by atoms with Gasteiger partial charge in [0.25, 0.3) is 0 Å². The summed E-state index contributed by atoms with van der Waals surface area (Å²) in [5.74, 6) is 0.943. The van der Waals surface area contributed by atoms with Gasteiger partial charge in [-0.3, -0.25) is 4.79 Å². The summed E-state index contributed by atoms with van der Waals surface area (Å²) in [6, 6.07) is 7.94. The van der Waals surface area contributed by atoms with Crippen LogP contribution in [0.3, 0.4) is 0 Å². The molecular weight excluding hydrogens is 342 g/mol. The number of carbonyl (C=O) groups is 1. The predicted molar refractivity (Wildman–Crippen MR) is 102 cm³/mol. The molecule has 0 aliphatic carbocycles. The van der Waals surface area contributed by atoms with Crippen molar-refractivity contribution < 1.29 is 4.79 Å². The number of aromatic nitrogens is 6. The van der Waals surface area contributed by atoms with Gasteiger partial charge in [0.2, 0.25) is 5.91 Å². The number of benzene rings is 1. The molecule has 4 aromatic rings. The Kier molecular flexibility index (Phi) is 3.95. The van der Waals surface area contributed by atoms with Gasteiger partial charge in [-0.25, -0.2) is 14.6 Å². The van der Waals surface area contributed by atoms with E-state index >= 15 is 0 Å². The lowest BCUT2D eigenvalue weighted by Crippen LogP contribution is -2.12. The van der Waals surface area contributed by atoms with E-state index in [9.17, 15) is 4.79 Å². The molecule has 4 rings (SSSR count). The van der Waals surface area contributed by atoms with Crippen LogP contribution in [0.5, 0.6) is 0 Å². The van der Waals surface area contributed by atoms with Crippen molar-refractivity contribution in [2.75, 3.05) is 5.32 Å². The SMILES string of the molecule is CC(=O)Nc1cc(C)nn1-c1ncnc2c1cnn2-c1ccc(C)c(C)c1. The van der Waals surface area contributed by atoms with Gasteiger partial charge in [-0.2, -0.15) is 14.9 Å². The Morgan fingerprint density at radius 1 is 1.04 bits per heavy atom. The Bertz CT molecular complexity index is 1170. The van der Waals surface area contributed by atoms with E-state index in [1.54, 1.807) is 21.6 Å². The first-order valence-corrected chi connectivity index (χ1v) is 8.55. The van der Waals surface area contributed by atoms with Crippen molar-refractivity contribution in [3.8, 4) is 11.5 Å². The van der Waals surface area contributed by atoms with Crippen LogP contribution in [0.25, 0.3) is 22.5 Å². The third-order valence-electron chi connectivity index (χ3n) is 4.42. The highest BCUT2D eigenvalue weighted by Gasteiger charge is 2.17. The molecule has 0 radical (unpaired) electrons. The summed E-state index contributed by atoms with van der Waals surface area (Å²) < 4.78 is 3.38. The zero-order chi connectivity index (χ0) is 19.1. The molecule has 27 heavy (non-hydrogen) atoms. The van der Waals surface area contributed by atoms with Crippen LogP contribution in [0.2, 0.25) is 0 Å².